The van der Waals surface area contributed by atoms with E-state index in [-0.39, 0.29) is 5.91 Å². The van der Waals surface area contributed by atoms with E-state index in [2.05, 4.69) is 36.3 Å². The molecule has 0 fully saturated rings. The maximum atomic E-state index is 12.5. The first-order chi connectivity index (χ1) is 15.0. The third-order valence-corrected chi connectivity index (χ3v) is 5.69. The number of benzene rings is 3. The number of amides is 1. The largest absolute Gasteiger partial charge is 0.495 e. The van der Waals surface area contributed by atoms with Crippen LogP contribution in [0.15, 0.2) is 65.1 Å². The minimum atomic E-state index is -0.253. The van der Waals surface area contributed by atoms with Gasteiger partial charge in [-0.05, 0) is 72.5 Å². The molecule has 1 aromatic heterocycles. The van der Waals surface area contributed by atoms with Gasteiger partial charge in [0.2, 0.25) is 5.89 Å². The van der Waals surface area contributed by atoms with Crippen LogP contribution in [0.4, 0.5) is 5.69 Å². The van der Waals surface area contributed by atoms with E-state index in [1.165, 1.54) is 12.7 Å². The average molecular weight is 435 g/mol. The summed E-state index contributed by atoms with van der Waals surface area (Å²) in [5.41, 5.74) is 4.82. The summed E-state index contributed by atoms with van der Waals surface area (Å²) in [4.78, 5) is 17.2. The highest BCUT2D eigenvalue weighted by Gasteiger charge is 2.12. The van der Waals surface area contributed by atoms with Gasteiger partial charge in [0.05, 0.1) is 12.1 Å². The van der Waals surface area contributed by atoms with Crippen molar-refractivity contribution < 1.29 is 13.9 Å². The van der Waals surface area contributed by atoms with Crippen molar-refractivity contribution in [3.63, 3.8) is 0 Å². The van der Waals surface area contributed by atoms with E-state index in [1.807, 2.05) is 30.3 Å². The highest BCUT2D eigenvalue weighted by molar-refractivity contribution is 6.32. The summed E-state index contributed by atoms with van der Waals surface area (Å²) in [6.45, 7) is 4.38. The van der Waals surface area contributed by atoms with Crippen LogP contribution >= 0.6 is 11.6 Å². The van der Waals surface area contributed by atoms with E-state index in [4.69, 9.17) is 20.8 Å². The van der Waals surface area contributed by atoms with Gasteiger partial charge in [0.15, 0.2) is 5.58 Å². The lowest BCUT2D eigenvalue weighted by Crippen LogP contribution is -2.11. The molecule has 1 amide bonds. The van der Waals surface area contributed by atoms with Crippen molar-refractivity contribution in [2.45, 2.75) is 26.2 Å². The van der Waals surface area contributed by atoms with Crippen molar-refractivity contribution in [3.8, 4) is 17.2 Å². The van der Waals surface area contributed by atoms with Crippen LogP contribution in [0.2, 0.25) is 5.02 Å². The molecular formula is C25H23ClN2O3. The smallest absolute Gasteiger partial charge is 0.255 e. The Kier molecular flexibility index (Phi) is 5.96. The molecule has 0 aliphatic heterocycles. The van der Waals surface area contributed by atoms with Crippen LogP contribution in [0.25, 0.3) is 22.6 Å². The van der Waals surface area contributed by atoms with Gasteiger partial charge in [-0.2, -0.15) is 0 Å². The molecule has 4 rings (SSSR count). The molecule has 3 aromatic carbocycles. The van der Waals surface area contributed by atoms with Crippen LogP contribution in [0.5, 0.6) is 5.75 Å². The number of anilines is 1. The molecular weight excluding hydrogens is 412 g/mol. The number of hydrogen-bond donors (Lipinski definition) is 1. The average Bonchev–Trinajstić information content (AvgIpc) is 3.22. The van der Waals surface area contributed by atoms with Crippen LogP contribution in [-0.4, -0.2) is 18.0 Å². The SMILES string of the molecule is CC[C@@H](C)c1ccc2oc(-c3ccc(NC(=O)c4ccc(OC)c(Cl)c4)cc3)nc2c1. The fourth-order valence-electron chi connectivity index (χ4n) is 3.32. The number of carbonyl (C=O) groups is 1. The van der Waals surface area contributed by atoms with E-state index in [1.54, 1.807) is 18.2 Å². The molecule has 0 unspecified atom stereocenters. The lowest BCUT2D eigenvalue weighted by molar-refractivity contribution is 0.102. The molecule has 0 saturated carbocycles. The zero-order valence-electron chi connectivity index (χ0n) is 17.6. The zero-order chi connectivity index (χ0) is 22.0. The summed E-state index contributed by atoms with van der Waals surface area (Å²) in [5, 5.41) is 3.25. The quantitative estimate of drug-likeness (QED) is 0.357. The summed E-state index contributed by atoms with van der Waals surface area (Å²) in [6.07, 6.45) is 1.08. The Bertz CT molecular complexity index is 1230. The fourth-order valence-corrected chi connectivity index (χ4v) is 3.57. The maximum Gasteiger partial charge on any atom is 0.255 e. The van der Waals surface area contributed by atoms with Gasteiger partial charge in [-0.15, -0.1) is 0 Å². The summed E-state index contributed by atoms with van der Waals surface area (Å²) in [6, 6.07) is 18.4. The first kappa shape index (κ1) is 20.9. The molecule has 0 radical (unpaired) electrons. The second kappa shape index (κ2) is 8.82. The number of aromatic nitrogens is 1. The first-order valence-electron chi connectivity index (χ1n) is 10.1. The van der Waals surface area contributed by atoms with Gasteiger partial charge in [0, 0.05) is 16.8 Å². The van der Waals surface area contributed by atoms with Crippen molar-refractivity contribution in [2.24, 2.45) is 0 Å². The summed E-state index contributed by atoms with van der Waals surface area (Å²) >= 11 is 6.11. The standard InChI is InChI=1S/C25H23ClN2O3/c1-4-15(2)17-7-12-23-21(14-17)28-25(31-23)16-5-9-19(10-6-16)27-24(29)18-8-11-22(30-3)20(26)13-18/h5-15H,4H2,1-3H3,(H,27,29)/t15-/m1/s1. The molecule has 5 nitrogen and oxygen atoms in total. The summed E-state index contributed by atoms with van der Waals surface area (Å²) < 4.78 is 11.0. The predicted octanol–water partition coefficient (Wildman–Crippen LogP) is 6.92. The molecule has 6 heteroatoms. The number of nitrogens with zero attached hydrogens (tertiary/aromatic N) is 1. The Labute approximate surface area is 186 Å². The molecule has 4 aromatic rings. The number of hydrogen-bond acceptors (Lipinski definition) is 4. The first-order valence-corrected chi connectivity index (χ1v) is 10.5. The van der Waals surface area contributed by atoms with Crippen molar-refractivity contribution in [2.75, 3.05) is 12.4 Å². The molecule has 31 heavy (non-hydrogen) atoms. The van der Waals surface area contributed by atoms with Crippen molar-refractivity contribution in [3.05, 3.63) is 76.8 Å². The van der Waals surface area contributed by atoms with Gasteiger partial charge < -0.3 is 14.5 Å². The molecule has 0 saturated heterocycles. The zero-order valence-corrected chi connectivity index (χ0v) is 18.4. The second-order valence-electron chi connectivity index (χ2n) is 7.44. The number of fused-ring (bicyclic) bond motifs is 1. The van der Waals surface area contributed by atoms with Gasteiger partial charge in [-0.3, -0.25) is 4.79 Å². The van der Waals surface area contributed by atoms with Crippen molar-refractivity contribution >= 4 is 34.3 Å². The molecule has 1 atom stereocenters. The van der Waals surface area contributed by atoms with Gasteiger partial charge in [0.1, 0.15) is 11.3 Å². The molecule has 0 aliphatic carbocycles. The Balaban J connectivity index is 1.51. The van der Waals surface area contributed by atoms with Gasteiger partial charge in [-0.1, -0.05) is 31.5 Å². The number of ether oxygens (including phenoxy) is 1. The second-order valence-corrected chi connectivity index (χ2v) is 7.84. The topological polar surface area (TPSA) is 64.4 Å². The Morgan fingerprint density at radius 2 is 1.90 bits per heavy atom. The van der Waals surface area contributed by atoms with Crippen LogP contribution < -0.4 is 10.1 Å². The predicted molar refractivity (Wildman–Crippen MR) is 124 cm³/mol. The summed E-state index contributed by atoms with van der Waals surface area (Å²) in [7, 11) is 1.53. The van der Waals surface area contributed by atoms with Gasteiger partial charge >= 0.3 is 0 Å². The highest BCUT2D eigenvalue weighted by atomic mass is 35.5. The molecule has 1 N–H and O–H groups in total. The minimum absolute atomic E-state index is 0.253. The van der Waals surface area contributed by atoms with Crippen LogP contribution in [0.3, 0.4) is 0 Å². The number of methoxy groups -OCH3 is 1. The monoisotopic (exact) mass is 434 g/mol. The highest BCUT2D eigenvalue weighted by Crippen LogP contribution is 2.29. The normalized spacial score (nSPS) is 12.0. The third kappa shape index (κ3) is 4.42. The lowest BCUT2D eigenvalue weighted by atomic mass is 9.98. The van der Waals surface area contributed by atoms with E-state index < -0.39 is 0 Å². The minimum Gasteiger partial charge on any atom is -0.495 e. The maximum absolute atomic E-state index is 12.5. The molecule has 0 bridgehead atoms. The van der Waals surface area contributed by atoms with E-state index in [0.717, 1.165) is 23.1 Å². The van der Waals surface area contributed by atoms with Crippen molar-refractivity contribution in [1.29, 1.82) is 0 Å². The molecule has 1 heterocycles. The number of rotatable bonds is 6. The van der Waals surface area contributed by atoms with Gasteiger partial charge in [-0.25, -0.2) is 4.98 Å². The molecule has 158 valence electrons. The number of oxazole rings is 1. The Morgan fingerprint density at radius 1 is 1.13 bits per heavy atom. The van der Waals surface area contributed by atoms with Crippen LogP contribution in [-0.2, 0) is 0 Å². The van der Waals surface area contributed by atoms with Gasteiger partial charge in [0.25, 0.3) is 5.91 Å². The number of nitrogens with one attached hydrogen (secondary N) is 1. The summed E-state index contributed by atoms with van der Waals surface area (Å²) in [5.74, 6) is 1.30. The Morgan fingerprint density at radius 3 is 2.58 bits per heavy atom. The van der Waals surface area contributed by atoms with E-state index >= 15 is 0 Å². The third-order valence-electron chi connectivity index (χ3n) is 5.40. The van der Waals surface area contributed by atoms with Crippen LogP contribution in [0, 0.1) is 0 Å². The van der Waals surface area contributed by atoms with E-state index in [9.17, 15) is 4.79 Å². The lowest BCUT2D eigenvalue weighted by Gasteiger charge is -2.08. The molecule has 0 aliphatic rings. The van der Waals surface area contributed by atoms with Crippen molar-refractivity contribution in [1.82, 2.24) is 4.98 Å². The number of halogens is 1. The van der Waals surface area contributed by atoms with Crippen LogP contribution in [0.1, 0.15) is 42.1 Å². The Hall–Kier alpha value is -3.31. The van der Waals surface area contributed by atoms with E-state index in [0.29, 0.717) is 33.8 Å². The number of carbonyl (C=O) groups excluding carboxylic acids is 1. The molecule has 0 spiro atoms. The fraction of sp³-hybridized carbons (Fsp3) is 0.200.